The summed E-state index contributed by atoms with van der Waals surface area (Å²) in [5, 5.41) is 11.0. The van der Waals surface area contributed by atoms with E-state index in [1.54, 1.807) is 27.5 Å². The minimum absolute atomic E-state index is 0. The lowest BCUT2D eigenvalue weighted by Crippen LogP contribution is -2.37. The lowest BCUT2D eigenvalue weighted by atomic mass is 10.1. The molecule has 3 rings (SSSR count). The zero-order chi connectivity index (χ0) is 21.2. The molecular weight excluding hydrogens is 505 g/mol. The number of hydrogen-bond donors (Lipinski definition) is 2. The first kappa shape index (κ1) is 24.5. The molecule has 0 saturated carbocycles. The molecule has 0 aliphatic carbocycles. The third kappa shape index (κ3) is 7.46. The van der Waals surface area contributed by atoms with Gasteiger partial charge in [0.05, 0.1) is 20.8 Å². The van der Waals surface area contributed by atoms with Gasteiger partial charge >= 0.3 is 0 Å². The van der Waals surface area contributed by atoms with Crippen LogP contribution in [0.1, 0.15) is 16.7 Å². The molecule has 0 spiro atoms. The summed E-state index contributed by atoms with van der Waals surface area (Å²) >= 11 is 0. The van der Waals surface area contributed by atoms with E-state index < -0.39 is 0 Å². The molecule has 1 aromatic heterocycles. The third-order valence-corrected chi connectivity index (χ3v) is 4.73. The molecule has 7 nitrogen and oxygen atoms in total. The maximum atomic E-state index is 5.37. The summed E-state index contributed by atoms with van der Waals surface area (Å²) < 4.78 is 12.6. The minimum Gasteiger partial charge on any atom is -0.493 e. The van der Waals surface area contributed by atoms with E-state index in [-0.39, 0.29) is 24.0 Å². The molecule has 3 aromatic rings. The van der Waals surface area contributed by atoms with Crippen molar-refractivity contribution in [3.63, 3.8) is 0 Å². The minimum atomic E-state index is 0. The molecule has 8 heteroatoms. The number of rotatable bonds is 9. The number of halogens is 1. The normalized spacial score (nSPS) is 10.9. The first-order valence-electron chi connectivity index (χ1n) is 9.92. The number of aromatic nitrogens is 2. The Morgan fingerprint density at radius 3 is 2.48 bits per heavy atom. The van der Waals surface area contributed by atoms with Gasteiger partial charge in [0.2, 0.25) is 0 Å². The molecule has 1 heterocycles. The molecule has 0 bridgehead atoms. The number of nitrogens with one attached hydrogen (secondary N) is 2. The second kappa shape index (κ2) is 12.8. The molecule has 31 heavy (non-hydrogen) atoms. The number of hydrogen-bond acceptors (Lipinski definition) is 4. The van der Waals surface area contributed by atoms with E-state index in [1.165, 1.54) is 16.7 Å². The van der Waals surface area contributed by atoms with Gasteiger partial charge in [-0.25, -0.2) is 0 Å². The average Bonchev–Trinajstić information content (AvgIpc) is 3.29. The maximum Gasteiger partial charge on any atom is 0.191 e. The summed E-state index contributed by atoms with van der Waals surface area (Å²) in [5.41, 5.74) is 3.58. The van der Waals surface area contributed by atoms with Crippen LogP contribution in [-0.2, 0) is 19.5 Å². The molecule has 0 unspecified atom stereocenters. The highest BCUT2D eigenvalue weighted by molar-refractivity contribution is 14.0. The monoisotopic (exact) mass is 535 g/mol. The summed E-state index contributed by atoms with van der Waals surface area (Å²) in [5.74, 6) is 2.25. The van der Waals surface area contributed by atoms with Gasteiger partial charge in [-0.1, -0.05) is 30.3 Å². The number of benzene rings is 2. The maximum absolute atomic E-state index is 5.37. The van der Waals surface area contributed by atoms with Crippen molar-refractivity contribution in [1.82, 2.24) is 20.4 Å². The van der Waals surface area contributed by atoms with E-state index in [9.17, 15) is 0 Å². The summed E-state index contributed by atoms with van der Waals surface area (Å²) in [7, 11) is 5.07. The Balaban J connectivity index is 0.00000341. The molecular formula is C23H30IN5O2. The smallest absolute Gasteiger partial charge is 0.191 e. The predicted octanol–water partition coefficient (Wildman–Crippen LogP) is 3.47. The van der Waals surface area contributed by atoms with Gasteiger partial charge in [-0.05, 0) is 41.3 Å². The fourth-order valence-corrected chi connectivity index (χ4v) is 3.19. The lowest BCUT2D eigenvalue weighted by molar-refractivity contribution is 0.354. The Bertz CT molecular complexity index is 960. The van der Waals surface area contributed by atoms with Crippen LogP contribution >= 0.6 is 24.0 Å². The first-order valence-corrected chi connectivity index (χ1v) is 9.92. The molecule has 0 aliphatic heterocycles. The van der Waals surface area contributed by atoms with Crippen molar-refractivity contribution in [1.29, 1.82) is 0 Å². The van der Waals surface area contributed by atoms with Gasteiger partial charge in [-0.15, -0.1) is 24.0 Å². The Labute approximate surface area is 200 Å². The van der Waals surface area contributed by atoms with E-state index >= 15 is 0 Å². The summed E-state index contributed by atoms with van der Waals surface area (Å²) in [6.45, 7) is 2.22. The standard InChI is InChI=1S/C23H29N5O2.HI/c1-24-23(25-12-10-18-8-9-21(29-2)22(15-18)30-3)26-16-19-6-4-7-20(14-19)17-28-13-5-11-27-28;/h4-9,11,13-15H,10,12,16-17H2,1-3H3,(H2,24,25,26);1H. The fourth-order valence-electron chi connectivity index (χ4n) is 3.19. The molecule has 0 aliphatic rings. The van der Waals surface area contributed by atoms with Crippen LogP contribution in [0.15, 0.2) is 65.9 Å². The summed E-state index contributed by atoms with van der Waals surface area (Å²) in [4.78, 5) is 4.31. The van der Waals surface area contributed by atoms with Crippen LogP contribution in [0.3, 0.4) is 0 Å². The van der Waals surface area contributed by atoms with Crippen molar-refractivity contribution in [3.05, 3.63) is 77.6 Å². The molecule has 0 radical (unpaired) electrons. The van der Waals surface area contributed by atoms with Crippen molar-refractivity contribution in [2.45, 2.75) is 19.5 Å². The number of guanidine groups is 1. The highest BCUT2D eigenvalue weighted by Gasteiger charge is 2.05. The molecule has 2 aromatic carbocycles. The zero-order valence-electron chi connectivity index (χ0n) is 18.2. The highest BCUT2D eigenvalue weighted by atomic mass is 127. The number of ether oxygens (including phenoxy) is 2. The van der Waals surface area contributed by atoms with Crippen molar-refractivity contribution >= 4 is 29.9 Å². The zero-order valence-corrected chi connectivity index (χ0v) is 20.5. The summed E-state index contributed by atoms with van der Waals surface area (Å²) in [6, 6.07) is 16.4. The van der Waals surface area contributed by atoms with Crippen molar-refractivity contribution in [3.8, 4) is 11.5 Å². The van der Waals surface area contributed by atoms with Crippen molar-refractivity contribution < 1.29 is 9.47 Å². The van der Waals surface area contributed by atoms with E-state index in [2.05, 4.69) is 45.0 Å². The van der Waals surface area contributed by atoms with Crippen molar-refractivity contribution in [2.75, 3.05) is 27.8 Å². The fraction of sp³-hybridized carbons (Fsp3) is 0.304. The van der Waals surface area contributed by atoms with E-state index in [4.69, 9.17) is 9.47 Å². The van der Waals surface area contributed by atoms with Gasteiger partial charge in [0.25, 0.3) is 0 Å². The van der Waals surface area contributed by atoms with E-state index in [0.29, 0.717) is 6.54 Å². The average molecular weight is 535 g/mol. The molecule has 166 valence electrons. The van der Waals surface area contributed by atoms with Crippen LogP contribution in [0.5, 0.6) is 11.5 Å². The first-order chi connectivity index (χ1) is 14.7. The Kier molecular flexibility index (Phi) is 10.2. The Hall–Kier alpha value is -2.75. The molecule has 2 N–H and O–H groups in total. The largest absolute Gasteiger partial charge is 0.493 e. The van der Waals surface area contributed by atoms with Crippen LogP contribution in [0, 0.1) is 0 Å². The summed E-state index contributed by atoms with van der Waals surface area (Å²) in [6.07, 6.45) is 4.61. The lowest BCUT2D eigenvalue weighted by Gasteiger charge is -2.13. The second-order valence-electron chi connectivity index (χ2n) is 6.82. The molecule has 0 amide bonds. The van der Waals surface area contributed by atoms with Gasteiger partial charge in [0.15, 0.2) is 17.5 Å². The predicted molar refractivity (Wildman–Crippen MR) is 135 cm³/mol. The number of aliphatic imine (C=N–C) groups is 1. The molecule has 0 fully saturated rings. The van der Waals surface area contributed by atoms with Gasteiger partial charge in [-0.3, -0.25) is 9.67 Å². The Morgan fingerprint density at radius 2 is 1.77 bits per heavy atom. The Morgan fingerprint density at radius 1 is 0.968 bits per heavy atom. The third-order valence-electron chi connectivity index (χ3n) is 4.73. The quantitative estimate of drug-likeness (QED) is 0.250. The molecule has 0 atom stereocenters. The van der Waals surface area contributed by atoms with Gasteiger partial charge in [0, 0.05) is 32.5 Å². The second-order valence-corrected chi connectivity index (χ2v) is 6.82. The highest BCUT2D eigenvalue weighted by Crippen LogP contribution is 2.27. The van der Waals surface area contributed by atoms with Gasteiger partial charge in [-0.2, -0.15) is 5.10 Å². The topological polar surface area (TPSA) is 72.7 Å². The van der Waals surface area contributed by atoms with E-state index in [0.717, 1.165) is 37.0 Å². The van der Waals surface area contributed by atoms with Crippen LogP contribution < -0.4 is 20.1 Å². The van der Waals surface area contributed by atoms with Crippen LogP contribution in [0.25, 0.3) is 0 Å². The van der Waals surface area contributed by atoms with Crippen molar-refractivity contribution in [2.24, 2.45) is 4.99 Å². The van der Waals surface area contributed by atoms with Crippen LogP contribution in [0.4, 0.5) is 0 Å². The van der Waals surface area contributed by atoms with Gasteiger partial charge < -0.3 is 20.1 Å². The SMILES string of the molecule is CN=C(NCCc1ccc(OC)c(OC)c1)NCc1cccc(Cn2cccn2)c1.I. The van der Waals surface area contributed by atoms with E-state index in [1.807, 2.05) is 35.1 Å². The molecule has 0 saturated heterocycles. The van der Waals surface area contributed by atoms with Crippen LogP contribution in [0.2, 0.25) is 0 Å². The number of methoxy groups -OCH3 is 2. The number of nitrogens with zero attached hydrogens (tertiary/aromatic N) is 3. The van der Waals surface area contributed by atoms with Crippen LogP contribution in [-0.4, -0.2) is 43.6 Å². The van der Waals surface area contributed by atoms with Gasteiger partial charge in [0.1, 0.15) is 0 Å².